The highest BCUT2D eigenvalue weighted by Crippen LogP contribution is 2.26. The van der Waals surface area contributed by atoms with Gasteiger partial charge in [0.05, 0.1) is 11.7 Å². The molecule has 0 bridgehead atoms. The Kier molecular flexibility index (Phi) is 6.65. The number of likely N-dealkylation sites (N-methyl/N-ethyl adjacent to an activating group) is 1. The third-order valence-electron chi connectivity index (χ3n) is 6.15. The van der Waals surface area contributed by atoms with Crippen molar-refractivity contribution in [1.82, 2.24) is 24.1 Å². The number of rotatable bonds is 6. The van der Waals surface area contributed by atoms with Crippen LogP contribution in [0.4, 0.5) is 5.69 Å². The van der Waals surface area contributed by atoms with E-state index < -0.39 is 0 Å². The highest BCUT2D eigenvalue weighted by Gasteiger charge is 2.31. The molecule has 1 unspecified atom stereocenters. The molecule has 2 heterocycles. The van der Waals surface area contributed by atoms with Crippen molar-refractivity contribution < 1.29 is 4.79 Å². The molecule has 1 fully saturated rings. The maximum Gasteiger partial charge on any atom is 0.350 e. The molecule has 1 atom stereocenters. The number of hydrogen-bond donors (Lipinski definition) is 0. The highest BCUT2D eigenvalue weighted by molar-refractivity contribution is 5.83. The van der Waals surface area contributed by atoms with Gasteiger partial charge in [0.15, 0.2) is 0 Å². The second-order valence-corrected chi connectivity index (χ2v) is 8.91. The van der Waals surface area contributed by atoms with Crippen LogP contribution in [-0.2, 0) is 4.79 Å². The van der Waals surface area contributed by atoms with Crippen molar-refractivity contribution in [3.63, 3.8) is 0 Å². The van der Waals surface area contributed by atoms with Crippen LogP contribution in [0.3, 0.4) is 0 Å². The number of hydrogen-bond acceptors (Lipinski definition) is 5. The first-order valence-electron chi connectivity index (χ1n) is 11.4. The minimum Gasteiger partial charge on any atom is -0.369 e. The van der Waals surface area contributed by atoms with Crippen LogP contribution in [0.1, 0.15) is 31.5 Å². The van der Waals surface area contributed by atoms with Crippen LogP contribution in [0, 0.1) is 0 Å². The largest absolute Gasteiger partial charge is 0.369 e. The van der Waals surface area contributed by atoms with Crippen molar-refractivity contribution in [2.75, 3.05) is 45.2 Å². The zero-order valence-electron chi connectivity index (χ0n) is 19.8. The zero-order valence-corrected chi connectivity index (χ0v) is 19.8. The number of amides is 1. The summed E-state index contributed by atoms with van der Waals surface area (Å²) in [6.45, 7) is 7.12. The summed E-state index contributed by atoms with van der Waals surface area (Å²) in [4.78, 5) is 31.8. The van der Waals surface area contributed by atoms with Crippen LogP contribution in [0.15, 0.2) is 65.7 Å². The third kappa shape index (κ3) is 4.71. The minimum absolute atomic E-state index is 0.0217. The Bertz CT molecular complexity index is 1130. The lowest BCUT2D eigenvalue weighted by molar-refractivity contribution is -0.134. The fourth-order valence-corrected chi connectivity index (χ4v) is 4.30. The van der Waals surface area contributed by atoms with E-state index in [0.717, 1.165) is 43.1 Å². The summed E-state index contributed by atoms with van der Waals surface area (Å²) in [7, 11) is 3.62. The summed E-state index contributed by atoms with van der Waals surface area (Å²) in [6.07, 6.45) is 1.57. The fraction of sp³-hybridized carbons (Fsp3) is 0.400. The van der Waals surface area contributed by atoms with Gasteiger partial charge < -0.3 is 9.80 Å². The van der Waals surface area contributed by atoms with Gasteiger partial charge in [-0.1, -0.05) is 30.3 Å². The Morgan fingerprint density at radius 1 is 0.909 bits per heavy atom. The molecule has 0 aliphatic carbocycles. The summed E-state index contributed by atoms with van der Waals surface area (Å²) in [5.41, 5.74) is 2.80. The quantitative estimate of drug-likeness (QED) is 0.580. The predicted molar refractivity (Wildman–Crippen MR) is 130 cm³/mol. The van der Waals surface area contributed by atoms with Crippen LogP contribution >= 0.6 is 0 Å². The first-order chi connectivity index (χ1) is 15.9. The van der Waals surface area contributed by atoms with Gasteiger partial charge in [-0.05, 0) is 43.7 Å². The normalized spacial score (nSPS) is 15.6. The van der Waals surface area contributed by atoms with E-state index in [-0.39, 0.29) is 23.7 Å². The van der Waals surface area contributed by atoms with Gasteiger partial charge >= 0.3 is 5.69 Å². The van der Waals surface area contributed by atoms with Crippen molar-refractivity contribution in [3.8, 4) is 5.69 Å². The standard InChI is InChI=1S/C25H32N6O2/c1-19(2)31-25(33)30(18-26-31)22-12-10-21(11-13-22)28-14-16-29(17-15-28)23(24(32)27(3)4)20-8-6-5-7-9-20/h5-13,18-19,23H,14-17H2,1-4H3. The van der Waals surface area contributed by atoms with Gasteiger partial charge in [-0.3, -0.25) is 9.69 Å². The minimum atomic E-state index is -0.268. The number of anilines is 1. The van der Waals surface area contributed by atoms with Crippen LogP contribution in [0.25, 0.3) is 5.69 Å². The number of piperazine rings is 1. The van der Waals surface area contributed by atoms with Crippen molar-refractivity contribution in [2.24, 2.45) is 0 Å². The maximum absolute atomic E-state index is 13.0. The number of benzene rings is 2. The summed E-state index contributed by atoms with van der Waals surface area (Å²) >= 11 is 0. The summed E-state index contributed by atoms with van der Waals surface area (Å²) in [5, 5.41) is 4.20. The lowest BCUT2D eigenvalue weighted by Crippen LogP contribution is -2.51. The molecule has 0 spiro atoms. The SMILES string of the molecule is CC(C)n1ncn(-c2ccc(N3CCN(C(C(=O)N(C)C)c4ccccc4)CC3)cc2)c1=O. The molecule has 4 rings (SSSR count). The molecule has 1 amide bonds. The van der Waals surface area contributed by atoms with E-state index in [9.17, 15) is 9.59 Å². The first kappa shape index (κ1) is 22.8. The molecule has 8 heteroatoms. The van der Waals surface area contributed by atoms with Crippen LogP contribution < -0.4 is 10.6 Å². The number of aromatic nitrogens is 3. The Morgan fingerprint density at radius 2 is 1.52 bits per heavy atom. The molecular weight excluding hydrogens is 416 g/mol. The molecule has 1 saturated heterocycles. The fourth-order valence-electron chi connectivity index (χ4n) is 4.30. The summed E-state index contributed by atoms with van der Waals surface area (Å²) in [5.74, 6) is 0.103. The lowest BCUT2D eigenvalue weighted by Gasteiger charge is -2.40. The van der Waals surface area contributed by atoms with E-state index in [2.05, 4.69) is 14.9 Å². The summed E-state index contributed by atoms with van der Waals surface area (Å²) < 4.78 is 3.05. The van der Waals surface area contributed by atoms with Gasteiger partial charge in [0.25, 0.3) is 0 Å². The molecule has 2 aromatic carbocycles. The van der Waals surface area contributed by atoms with Crippen LogP contribution in [0.2, 0.25) is 0 Å². The second-order valence-electron chi connectivity index (χ2n) is 8.91. The van der Waals surface area contributed by atoms with Gasteiger partial charge in [-0.25, -0.2) is 14.0 Å². The van der Waals surface area contributed by atoms with E-state index in [1.165, 1.54) is 4.68 Å². The molecule has 1 aromatic heterocycles. The van der Waals surface area contributed by atoms with Crippen molar-refractivity contribution in [2.45, 2.75) is 25.9 Å². The maximum atomic E-state index is 13.0. The van der Waals surface area contributed by atoms with E-state index >= 15 is 0 Å². The monoisotopic (exact) mass is 448 g/mol. The molecular formula is C25H32N6O2. The van der Waals surface area contributed by atoms with Crippen LogP contribution in [-0.4, -0.2) is 70.3 Å². The lowest BCUT2D eigenvalue weighted by atomic mass is 10.0. The Balaban J connectivity index is 1.46. The molecule has 174 valence electrons. The van der Waals surface area contributed by atoms with Crippen molar-refractivity contribution >= 4 is 11.6 Å². The number of nitrogens with zero attached hydrogens (tertiary/aromatic N) is 6. The molecule has 0 radical (unpaired) electrons. The van der Waals surface area contributed by atoms with Gasteiger partial charge in [0, 0.05) is 46.0 Å². The van der Waals surface area contributed by atoms with Gasteiger partial charge in [-0.15, -0.1) is 0 Å². The highest BCUT2D eigenvalue weighted by atomic mass is 16.2. The molecule has 33 heavy (non-hydrogen) atoms. The topological polar surface area (TPSA) is 66.6 Å². The Labute approximate surface area is 194 Å². The summed E-state index contributed by atoms with van der Waals surface area (Å²) in [6, 6.07) is 17.8. The average Bonchev–Trinajstić information content (AvgIpc) is 3.22. The molecule has 3 aromatic rings. The molecule has 8 nitrogen and oxygen atoms in total. The molecule has 0 N–H and O–H groups in total. The smallest absolute Gasteiger partial charge is 0.350 e. The third-order valence-corrected chi connectivity index (χ3v) is 6.15. The first-order valence-corrected chi connectivity index (χ1v) is 11.4. The van der Waals surface area contributed by atoms with Gasteiger partial charge in [0.2, 0.25) is 5.91 Å². The van der Waals surface area contributed by atoms with Crippen LogP contribution in [0.5, 0.6) is 0 Å². The average molecular weight is 449 g/mol. The van der Waals surface area contributed by atoms with E-state index in [1.54, 1.807) is 15.8 Å². The second kappa shape index (κ2) is 9.62. The predicted octanol–water partition coefficient (Wildman–Crippen LogP) is 2.57. The van der Waals surface area contributed by atoms with Gasteiger partial charge in [-0.2, -0.15) is 5.10 Å². The van der Waals surface area contributed by atoms with E-state index in [0.29, 0.717) is 0 Å². The molecule has 1 aliphatic rings. The number of carbonyl (C=O) groups is 1. The van der Waals surface area contributed by atoms with Crippen molar-refractivity contribution in [3.05, 3.63) is 77.0 Å². The Hall–Kier alpha value is -3.39. The Morgan fingerprint density at radius 3 is 2.06 bits per heavy atom. The van der Waals surface area contributed by atoms with E-state index in [4.69, 9.17) is 0 Å². The number of carbonyl (C=O) groups excluding carboxylic acids is 1. The molecule has 0 saturated carbocycles. The van der Waals surface area contributed by atoms with E-state index in [1.807, 2.05) is 82.5 Å². The zero-order chi connectivity index (χ0) is 23.5. The van der Waals surface area contributed by atoms with Crippen molar-refractivity contribution in [1.29, 1.82) is 0 Å². The van der Waals surface area contributed by atoms with Gasteiger partial charge in [0.1, 0.15) is 12.4 Å². The molecule has 1 aliphatic heterocycles.